The van der Waals surface area contributed by atoms with Crippen LogP contribution in [0.1, 0.15) is 25.0 Å². The van der Waals surface area contributed by atoms with E-state index in [-0.39, 0.29) is 5.91 Å². The molecule has 7 nitrogen and oxygen atoms in total. The molecule has 2 amide bonds. The normalized spacial score (nSPS) is 10.4. The molecule has 7 heteroatoms. The van der Waals surface area contributed by atoms with E-state index >= 15 is 0 Å². The van der Waals surface area contributed by atoms with Crippen molar-refractivity contribution in [2.45, 2.75) is 20.4 Å². The van der Waals surface area contributed by atoms with Crippen molar-refractivity contribution >= 4 is 23.8 Å². The van der Waals surface area contributed by atoms with Crippen molar-refractivity contribution in [3.05, 3.63) is 59.7 Å². The highest BCUT2D eigenvalue weighted by molar-refractivity contribution is 5.91. The van der Waals surface area contributed by atoms with Crippen LogP contribution in [0.3, 0.4) is 0 Å². The van der Waals surface area contributed by atoms with Crippen molar-refractivity contribution < 1.29 is 23.8 Å². The number of hydrogen-bond donors (Lipinski definition) is 2. The third kappa shape index (κ3) is 7.21. The molecule has 2 N–H and O–H groups in total. The average molecular weight is 398 g/mol. The highest BCUT2D eigenvalue weighted by atomic mass is 16.5. The van der Waals surface area contributed by atoms with Gasteiger partial charge >= 0.3 is 6.09 Å². The summed E-state index contributed by atoms with van der Waals surface area (Å²) in [4.78, 5) is 23.3. The van der Waals surface area contributed by atoms with Crippen LogP contribution in [-0.2, 0) is 16.1 Å². The van der Waals surface area contributed by atoms with Crippen LogP contribution in [0, 0.1) is 0 Å². The van der Waals surface area contributed by atoms with Crippen LogP contribution in [0.15, 0.2) is 48.5 Å². The Morgan fingerprint density at radius 3 is 2.31 bits per heavy atom. The molecule has 0 saturated heterocycles. The third-order valence-corrected chi connectivity index (χ3v) is 3.85. The van der Waals surface area contributed by atoms with Gasteiger partial charge in [-0.1, -0.05) is 18.2 Å². The number of hydrogen-bond acceptors (Lipinski definition) is 5. The van der Waals surface area contributed by atoms with Gasteiger partial charge in [-0.3, -0.25) is 10.1 Å². The maximum absolute atomic E-state index is 12.1. The first kappa shape index (κ1) is 21.8. The molecule has 29 heavy (non-hydrogen) atoms. The number of ether oxygens (including phenoxy) is 3. The van der Waals surface area contributed by atoms with Gasteiger partial charge in [0.1, 0.15) is 0 Å². The standard InChI is InChI=1S/C22H26N2O5/c1-4-28-19-12-8-16(14-20(19)29-5-2)9-13-21(25)23-15-17-6-10-18(11-7-17)24-22(26)27-3/h6-14H,4-5,15H2,1-3H3,(H,23,25)(H,24,26). The molecular weight excluding hydrogens is 372 g/mol. The summed E-state index contributed by atoms with van der Waals surface area (Å²) >= 11 is 0. The zero-order chi connectivity index (χ0) is 21.1. The topological polar surface area (TPSA) is 85.9 Å². The first-order valence-corrected chi connectivity index (χ1v) is 9.35. The van der Waals surface area contributed by atoms with Crippen LogP contribution in [-0.4, -0.2) is 32.3 Å². The number of nitrogens with one attached hydrogen (secondary N) is 2. The van der Waals surface area contributed by atoms with E-state index in [0.717, 1.165) is 11.1 Å². The van der Waals surface area contributed by atoms with Gasteiger partial charge in [0.2, 0.25) is 5.91 Å². The summed E-state index contributed by atoms with van der Waals surface area (Å²) in [7, 11) is 1.30. The molecule has 0 bridgehead atoms. The summed E-state index contributed by atoms with van der Waals surface area (Å²) in [6, 6.07) is 12.6. The molecule has 0 radical (unpaired) electrons. The van der Waals surface area contributed by atoms with E-state index in [4.69, 9.17) is 9.47 Å². The Morgan fingerprint density at radius 2 is 1.66 bits per heavy atom. The van der Waals surface area contributed by atoms with Crippen LogP contribution >= 0.6 is 0 Å². The molecular formula is C22H26N2O5. The second kappa shape index (κ2) is 11.4. The average Bonchev–Trinajstić information content (AvgIpc) is 2.73. The van der Waals surface area contributed by atoms with E-state index in [1.165, 1.54) is 13.2 Å². The summed E-state index contributed by atoms with van der Waals surface area (Å²) in [5, 5.41) is 5.39. The molecule has 0 aliphatic carbocycles. The van der Waals surface area contributed by atoms with Gasteiger partial charge in [0.05, 0.1) is 20.3 Å². The highest BCUT2D eigenvalue weighted by Gasteiger charge is 2.05. The maximum Gasteiger partial charge on any atom is 0.411 e. The highest BCUT2D eigenvalue weighted by Crippen LogP contribution is 2.29. The second-order valence-corrected chi connectivity index (χ2v) is 5.94. The molecule has 0 atom stereocenters. The number of benzene rings is 2. The third-order valence-electron chi connectivity index (χ3n) is 3.85. The summed E-state index contributed by atoms with van der Waals surface area (Å²) in [6.07, 6.45) is 2.66. The lowest BCUT2D eigenvalue weighted by molar-refractivity contribution is -0.116. The Hall–Kier alpha value is -3.48. The molecule has 0 aliphatic heterocycles. The van der Waals surface area contributed by atoms with E-state index in [1.807, 2.05) is 44.2 Å². The summed E-state index contributed by atoms with van der Waals surface area (Å²) < 4.78 is 15.7. The lowest BCUT2D eigenvalue weighted by Gasteiger charge is -2.11. The lowest BCUT2D eigenvalue weighted by Crippen LogP contribution is -2.20. The Balaban J connectivity index is 1.91. The fraction of sp³-hybridized carbons (Fsp3) is 0.273. The van der Waals surface area contributed by atoms with Gasteiger partial charge in [0.15, 0.2) is 11.5 Å². The minimum atomic E-state index is -0.530. The number of methoxy groups -OCH3 is 1. The molecule has 0 saturated carbocycles. The Labute approximate surface area is 170 Å². The summed E-state index contributed by atoms with van der Waals surface area (Å²) in [5.74, 6) is 1.12. The Kier molecular flexibility index (Phi) is 8.56. The zero-order valence-electron chi connectivity index (χ0n) is 16.9. The zero-order valence-corrected chi connectivity index (χ0v) is 16.9. The second-order valence-electron chi connectivity index (χ2n) is 5.94. The predicted octanol–water partition coefficient (Wildman–Crippen LogP) is 3.99. The van der Waals surface area contributed by atoms with Gasteiger partial charge in [-0.05, 0) is 55.3 Å². The van der Waals surface area contributed by atoms with Gasteiger partial charge in [0, 0.05) is 18.3 Å². The van der Waals surface area contributed by atoms with E-state index < -0.39 is 6.09 Å². The summed E-state index contributed by atoms with van der Waals surface area (Å²) in [6.45, 7) is 5.27. The number of rotatable bonds is 9. The largest absolute Gasteiger partial charge is 0.490 e. The number of amides is 2. The number of carbonyl (C=O) groups excluding carboxylic acids is 2. The number of carbonyl (C=O) groups is 2. The van der Waals surface area contributed by atoms with Crippen molar-refractivity contribution in [1.29, 1.82) is 0 Å². The minimum absolute atomic E-state index is 0.214. The van der Waals surface area contributed by atoms with Crippen molar-refractivity contribution in [2.24, 2.45) is 0 Å². The van der Waals surface area contributed by atoms with E-state index in [9.17, 15) is 9.59 Å². The molecule has 0 aliphatic rings. The Bertz CT molecular complexity index is 847. The number of anilines is 1. The van der Waals surface area contributed by atoms with Crippen molar-refractivity contribution in [1.82, 2.24) is 5.32 Å². The molecule has 0 heterocycles. The van der Waals surface area contributed by atoms with Crippen molar-refractivity contribution in [3.63, 3.8) is 0 Å². The van der Waals surface area contributed by atoms with Crippen LogP contribution in [0.4, 0.5) is 10.5 Å². The molecule has 0 aromatic heterocycles. The van der Waals surface area contributed by atoms with E-state index in [1.54, 1.807) is 18.2 Å². The first-order chi connectivity index (χ1) is 14.0. The molecule has 2 aromatic rings. The molecule has 2 rings (SSSR count). The van der Waals surface area contributed by atoms with Crippen LogP contribution in [0.25, 0.3) is 6.08 Å². The molecule has 2 aromatic carbocycles. The smallest absolute Gasteiger partial charge is 0.411 e. The van der Waals surface area contributed by atoms with Gasteiger partial charge in [-0.15, -0.1) is 0 Å². The lowest BCUT2D eigenvalue weighted by atomic mass is 10.2. The minimum Gasteiger partial charge on any atom is -0.490 e. The van der Waals surface area contributed by atoms with Gasteiger partial charge in [-0.25, -0.2) is 4.79 Å². The fourth-order valence-corrected chi connectivity index (χ4v) is 2.47. The Morgan fingerprint density at radius 1 is 0.966 bits per heavy atom. The molecule has 0 spiro atoms. The maximum atomic E-state index is 12.1. The molecule has 0 fully saturated rings. The molecule has 0 unspecified atom stereocenters. The molecule has 154 valence electrons. The fourth-order valence-electron chi connectivity index (χ4n) is 2.47. The van der Waals surface area contributed by atoms with Gasteiger partial charge in [-0.2, -0.15) is 0 Å². The van der Waals surface area contributed by atoms with Gasteiger partial charge < -0.3 is 19.5 Å². The first-order valence-electron chi connectivity index (χ1n) is 9.35. The van der Waals surface area contributed by atoms with E-state index in [2.05, 4.69) is 15.4 Å². The monoisotopic (exact) mass is 398 g/mol. The quantitative estimate of drug-likeness (QED) is 0.624. The SMILES string of the molecule is CCOc1ccc(C=CC(=O)NCc2ccc(NC(=O)OC)cc2)cc1OCC. The van der Waals surface area contributed by atoms with Crippen molar-refractivity contribution in [2.75, 3.05) is 25.6 Å². The van der Waals surface area contributed by atoms with Crippen LogP contribution in [0.5, 0.6) is 11.5 Å². The van der Waals surface area contributed by atoms with Crippen molar-refractivity contribution in [3.8, 4) is 11.5 Å². The van der Waals surface area contributed by atoms with E-state index in [0.29, 0.717) is 36.9 Å². The summed E-state index contributed by atoms with van der Waals surface area (Å²) in [5.41, 5.74) is 2.36. The van der Waals surface area contributed by atoms with Crippen LogP contribution in [0.2, 0.25) is 0 Å². The predicted molar refractivity (Wildman–Crippen MR) is 112 cm³/mol. The van der Waals surface area contributed by atoms with Gasteiger partial charge in [0.25, 0.3) is 0 Å². The van der Waals surface area contributed by atoms with Crippen LogP contribution < -0.4 is 20.1 Å².